The van der Waals surface area contributed by atoms with Gasteiger partial charge in [-0.15, -0.1) is 5.10 Å². The van der Waals surface area contributed by atoms with Gasteiger partial charge in [0.15, 0.2) is 11.5 Å². The number of hydroxylamine groups is 2. The number of fused-ring (bicyclic) bond motifs is 1. The van der Waals surface area contributed by atoms with Crippen molar-refractivity contribution in [2.24, 2.45) is 0 Å². The van der Waals surface area contributed by atoms with Crippen molar-refractivity contribution in [3.05, 3.63) is 152 Å². The Morgan fingerprint density at radius 1 is 0.656 bits per heavy atom. The second-order valence-electron chi connectivity index (χ2n) is 10.3. The molecular weight excluding hydrogens is 943 g/mol. The molecule has 7 rings (SSSR count). The van der Waals surface area contributed by atoms with Crippen molar-refractivity contribution in [2.75, 3.05) is 0 Å². The van der Waals surface area contributed by atoms with Crippen molar-refractivity contribution >= 4 is 93.3 Å². The molecule has 28 heteroatoms. The minimum atomic E-state index is -2.29. The molecule has 1 aliphatic heterocycles. The van der Waals surface area contributed by atoms with Crippen LogP contribution in [0, 0.1) is 39.2 Å². The number of carbonyl (C=O) groups is 3. The summed E-state index contributed by atoms with van der Waals surface area (Å²) in [4.78, 5) is 63.9. The van der Waals surface area contributed by atoms with Crippen molar-refractivity contribution in [1.29, 1.82) is 0 Å². The summed E-state index contributed by atoms with van der Waals surface area (Å²) >= 11 is 27.9. The highest BCUT2D eigenvalue weighted by Crippen LogP contribution is 2.47. The van der Waals surface area contributed by atoms with E-state index in [1.807, 2.05) is 18.9 Å². The summed E-state index contributed by atoms with van der Waals surface area (Å²) in [6.45, 7) is 2.00. The van der Waals surface area contributed by atoms with Gasteiger partial charge in [0.05, 0.1) is 26.2 Å². The van der Waals surface area contributed by atoms with E-state index in [0.29, 0.717) is 11.0 Å². The molecular formula is C33H23Cl5F5N7O11. The molecule has 2 amide bonds. The Morgan fingerprint density at radius 3 is 1.49 bits per heavy atom. The van der Waals surface area contributed by atoms with Gasteiger partial charge < -0.3 is 30.2 Å². The molecule has 0 atom stereocenters. The largest absolute Gasteiger partial charge is 0.505 e. The van der Waals surface area contributed by atoms with Crippen molar-refractivity contribution in [3.8, 4) is 11.5 Å². The van der Waals surface area contributed by atoms with E-state index < -0.39 is 51.6 Å². The van der Waals surface area contributed by atoms with Crippen LogP contribution in [0.15, 0.2) is 76.6 Å². The minimum absolute atomic E-state index is 0.00904. The third-order valence-electron chi connectivity index (χ3n) is 6.39. The van der Waals surface area contributed by atoms with Crippen molar-refractivity contribution in [2.45, 2.75) is 12.8 Å². The first-order chi connectivity index (χ1) is 28.6. The molecule has 6 aromatic rings. The van der Waals surface area contributed by atoms with Crippen LogP contribution in [0.4, 0.5) is 27.6 Å². The molecule has 1 saturated heterocycles. The number of imide groups is 1. The van der Waals surface area contributed by atoms with Crippen LogP contribution < -0.4 is 11.1 Å². The third kappa shape index (κ3) is 15.3. The first kappa shape index (κ1) is 52.6. The molecule has 0 saturated carbocycles. The van der Waals surface area contributed by atoms with Gasteiger partial charge >= 0.3 is 0 Å². The molecule has 6 N–H and O–H groups in total. The zero-order valence-corrected chi connectivity index (χ0v) is 33.4. The zero-order chi connectivity index (χ0) is 46.7. The number of halogens is 10. The van der Waals surface area contributed by atoms with Gasteiger partial charge in [0.25, 0.3) is 17.5 Å². The molecule has 326 valence electrons. The standard InChI is InChI=1S/C6HCl5O.C6HF5O.C6H5N3O.C5H4N2O3.C5H5NO.C4H5NO3.CH2O/c2*7-1-2(8)4(10)6(12)5(11)3(1)9;10-9-6-4-2-1-3-5(6)7-8-9;8-5-2-1-4(3-6-5)7(9)10;7-5-3-1-2-4-6-5;6-3-1-2-4(7)5(3)8;1-2/h2*12H;1-4,10H;1-3H,(H,6,8);1-4H,(H,6,7);8H,1-2H2;1H2. The van der Waals surface area contributed by atoms with Crippen LogP contribution >= 0.6 is 58.0 Å². The van der Waals surface area contributed by atoms with Gasteiger partial charge in [0.1, 0.15) is 27.9 Å². The Hall–Kier alpha value is -6.37. The second-order valence-corrected chi connectivity index (χ2v) is 12.2. The van der Waals surface area contributed by atoms with E-state index in [4.69, 9.17) is 78.3 Å². The first-order valence-electron chi connectivity index (χ1n) is 15.3. The molecule has 4 heterocycles. The van der Waals surface area contributed by atoms with Gasteiger partial charge in [-0.25, -0.2) is 13.2 Å². The molecule has 0 unspecified atom stereocenters. The quantitative estimate of drug-likeness (QED) is 0.0137. The number of H-pyrrole nitrogens is 2. The van der Waals surface area contributed by atoms with Crippen LogP contribution in [-0.4, -0.2) is 74.3 Å². The van der Waals surface area contributed by atoms with Crippen molar-refractivity contribution < 1.29 is 61.9 Å². The number of hydrogen-bond acceptors (Lipinski definition) is 13. The highest BCUT2D eigenvalue weighted by Gasteiger charge is 2.27. The fraction of sp³-hybridized carbons (Fsp3) is 0.0606. The van der Waals surface area contributed by atoms with E-state index in [1.165, 1.54) is 6.07 Å². The number of hydrogen-bond donors (Lipinski definition) is 6. The minimum Gasteiger partial charge on any atom is -0.505 e. The summed E-state index contributed by atoms with van der Waals surface area (Å²) in [6.07, 6.45) is 2.95. The molecule has 18 nitrogen and oxygen atoms in total. The lowest BCUT2D eigenvalue weighted by atomic mass is 10.3. The number of para-hydroxylation sites is 1. The summed E-state index contributed by atoms with van der Waals surface area (Å²) in [7, 11) is 0. The summed E-state index contributed by atoms with van der Waals surface area (Å²) in [5.74, 6) is -14.3. The van der Waals surface area contributed by atoms with Gasteiger partial charge in [-0.2, -0.15) is 13.8 Å². The average Bonchev–Trinajstić information content (AvgIpc) is 3.79. The van der Waals surface area contributed by atoms with Crippen LogP contribution in [-0.2, 0) is 14.4 Å². The van der Waals surface area contributed by atoms with E-state index >= 15 is 0 Å². The fourth-order valence-corrected chi connectivity index (χ4v) is 4.63. The van der Waals surface area contributed by atoms with Gasteiger partial charge in [-0.1, -0.05) is 81.0 Å². The number of benzene rings is 3. The van der Waals surface area contributed by atoms with Crippen LogP contribution in [0.1, 0.15) is 12.8 Å². The molecule has 0 spiro atoms. The maximum Gasteiger partial charge on any atom is 0.285 e. The number of carbonyl (C=O) groups excluding carboxylic acids is 3. The number of nitro groups is 1. The normalized spacial score (nSPS) is 11.0. The zero-order valence-electron chi connectivity index (χ0n) is 29.6. The molecule has 3 aromatic heterocycles. The number of aromatic hydroxyl groups is 2. The number of nitrogens with one attached hydrogen (secondary N) is 2. The Balaban J connectivity index is 0.000000366. The number of nitrogens with zero attached hydrogens (tertiary/aromatic N) is 5. The van der Waals surface area contributed by atoms with Crippen LogP contribution in [0.5, 0.6) is 11.5 Å². The number of phenolic OH excluding ortho intramolecular Hbond substituents is 2. The first-order valence-corrected chi connectivity index (χ1v) is 17.2. The van der Waals surface area contributed by atoms with E-state index in [0.717, 1.165) is 23.2 Å². The van der Waals surface area contributed by atoms with Gasteiger partial charge in [-0.3, -0.25) is 34.5 Å². The lowest BCUT2D eigenvalue weighted by molar-refractivity contribution is -0.385. The SMILES string of the molecule is C=O.O=C1CCC(=O)N1O.O=c1ccc([N+](=O)[O-])c[nH]1.O=c1cccc[nH]1.Oc1c(Cl)c(Cl)c(Cl)c(Cl)c1Cl.Oc1c(F)c(F)c(F)c(F)c1F.On1nnc2ccccc21. The van der Waals surface area contributed by atoms with Crippen molar-refractivity contribution in [3.63, 3.8) is 0 Å². The van der Waals surface area contributed by atoms with Gasteiger partial charge in [-0.05, 0) is 23.4 Å². The monoisotopic (exact) mass is 963 g/mol. The maximum atomic E-state index is 12.2. The number of rotatable bonds is 1. The summed E-state index contributed by atoms with van der Waals surface area (Å²) < 4.78 is 60.6. The summed E-state index contributed by atoms with van der Waals surface area (Å²) in [5.41, 5.74) is 0.820. The number of amides is 2. The van der Waals surface area contributed by atoms with E-state index in [-0.39, 0.29) is 65.6 Å². The number of phenols is 2. The van der Waals surface area contributed by atoms with Crippen LogP contribution in [0.25, 0.3) is 11.0 Å². The smallest absolute Gasteiger partial charge is 0.285 e. The number of aromatic amines is 2. The van der Waals surface area contributed by atoms with E-state index in [2.05, 4.69) is 20.3 Å². The average molecular weight is 966 g/mol. The Labute approximate surface area is 360 Å². The Morgan fingerprint density at radius 2 is 1.11 bits per heavy atom. The van der Waals surface area contributed by atoms with Crippen LogP contribution in [0.3, 0.4) is 0 Å². The lowest BCUT2D eigenvalue weighted by Gasteiger charge is -2.06. The summed E-state index contributed by atoms with van der Waals surface area (Å²) in [6, 6.07) is 14.4. The third-order valence-corrected chi connectivity index (χ3v) is 8.65. The highest BCUT2D eigenvalue weighted by molar-refractivity contribution is 6.55. The molecule has 0 aliphatic carbocycles. The second kappa shape index (κ2) is 25.3. The molecule has 1 fully saturated rings. The van der Waals surface area contributed by atoms with Crippen molar-refractivity contribution in [1.82, 2.24) is 30.2 Å². The molecule has 1 aliphatic rings. The predicted octanol–water partition coefficient (Wildman–Crippen LogP) is 7.41. The van der Waals surface area contributed by atoms with E-state index in [9.17, 15) is 56.4 Å². The van der Waals surface area contributed by atoms with Gasteiger partial charge in [0, 0.05) is 37.2 Å². The molecule has 61 heavy (non-hydrogen) atoms. The van der Waals surface area contributed by atoms with Crippen LogP contribution in [0.2, 0.25) is 25.1 Å². The molecule has 0 radical (unpaired) electrons. The van der Waals surface area contributed by atoms with E-state index in [1.54, 1.807) is 30.5 Å². The molecule has 3 aromatic carbocycles. The highest BCUT2D eigenvalue weighted by atomic mass is 35.5. The number of aromatic nitrogens is 5. The topological polar surface area (TPSA) is 275 Å². The molecule has 0 bridgehead atoms. The Bertz CT molecular complexity index is 2270. The van der Waals surface area contributed by atoms with Gasteiger partial charge in [0.2, 0.25) is 40.2 Å². The maximum absolute atomic E-state index is 12.2. The summed E-state index contributed by atoms with van der Waals surface area (Å²) in [5, 5.41) is 51.9. The Kier molecular flexibility index (Phi) is 21.8. The number of pyridine rings is 2. The fourth-order valence-electron chi connectivity index (χ4n) is 3.50. The predicted molar refractivity (Wildman–Crippen MR) is 207 cm³/mol. The lowest BCUT2D eigenvalue weighted by Crippen LogP contribution is -2.24.